The number of aromatic nitrogens is 1. The van der Waals surface area contributed by atoms with Crippen LogP contribution in [0.1, 0.15) is 11.1 Å². The molecule has 4 aromatic rings. The fraction of sp³-hybridized carbons (Fsp3) is 0.0870. The Hall–Kier alpha value is -2.93. The lowest BCUT2D eigenvalue weighted by Crippen LogP contribution is -1.90. The molecule has 1 aromatic heterocycles. The summed E-state index contributed by atoms with van der Waals surface area (Å²) < 4.78 is 0. The van der Waals surface area contributed by atoms with E-state index in [1.807, 2.05) is 6.07 Å². The second kappa shape index (κ2) is 5.93. The van der Waals surface area contributed by atoms with Crippen molar-refractivity contribution in [2.45, 2.75) is 13.8 Å². The topological polar surface area (TPSA) is 12.9 Å². The van der Waals surface area contributed by atoms with Crippen LogP contribution in [0.3, 0.4) is 0 Å². The Morgan fingerprint density at radius 1 is 0.625 bits per heavy atom. The second-order valence-corrected chi connectivity index (χ2v) is 6.31. The molecule has 0 amide bonds. The van der Waals surface area contributed by atoms with Crippen LogP contribution in [0.5, 0.6) is 0 Å². The van der Waals surface area contributed by atoms with Crippen molar-refractivity contribution in [1.29, 1.82) is 0 Å². The standard InChI is InChI=1S/C23H19N/c1-16-12-17(2)14-19(13-16)21-15-23(18-8-4-3-5-9-18)24-22-11-7-6-10-20(21)22/h3-15H,1-2H3. The smallest absolute Gasteiger partial charge is 0.0715 e. The van der Waals surface area contributed by atoms with Gasteiger partial charge in [-0.15, -0.1) is 0 Å². The van der Waals surface area contributed by atoms with Gasteiger partial charge in [0, 0.05) is 10.9 Å². The summed E-state index contributed by atoms with van der Waals surface area (Å²) in [6.45, 7) is 4.30. The van der Waals surface area contributed by atoms with Crippen molar-refractivity contribution in [1.82, 2.24) is 4.98 Å². The molecule has 4 rings (SSSR count). The molecule has 0 fully saturated rings. The molecule has 24 heavy (non-hydrogen) atoms. The normalized spacial score (nSPS) is 10.9. The molecule has 0 N–H and O–H groups in total. The average molecular weight is 309 g/mol. The monoisotopic (exact) mass is 309 g/mol. The summed E-state index contributed by atoms with van der Waals surface area (Å²) in [5.74, 6) is 0. The van der Waals surface area contributed by atoms with Crippen LogP contribution in [0, 0.1) is 13.8 Å². The van der Waals surface area contributed by atoms with Gasteiger partial charge in [-0.3, -0.25) is 0 Å². The van der Waals surface area contributed by atoms with Gasteiger partial charge in [-0.2, -0.15) is 0 Å². The lowest BCUT2D eigenvalue weighted by molar-refractivity contribution is 1.37. The number of fused-ring (bicyclic) bond motifs is 1. The van der Waals surface area contributed by atoms with Crippen molar-refractivity contribution in [3.63, 3.8) is 0 Å². The summed E-state index contributed by atoms with van der Waals surface area (Å²) >= 11 is 0. The molecular formula is C23H19N. The molecule has 3 aromatic carbocycles. The van der Waals surface area contributed by atoms with Crippen LogP contribution in [0.25, 0.3) is 33.3 Å². The molecule has 0 spiro atoms. The number of hydrogen-bond donors (Lipinski definition) is 0. The number of hydrogen-bond acceptors (Lipinski definition) is 1. The molecule has 0 aliphatic rings. The summed E-state index contributed by atoms with van der Waals surface area (Å²) in [7, 11) is 0. The van der Waals surface area contributed by atoms with E-state index in [0.717, 1.165) is 16.8 Å². The summed E-state index contributed by atoms with van der Waals surface area (Å²) in [6, 6.07) is 27.7. The number of pyridine rings is 1. The van der Waals surface area contributed by atoms with E-state index in [2.05, 4.69) is 86.6 Å². The predicted molar refractivity (Wildman–Crippen MR) is 102 cm³/mol. The predicted octanol–water partition coefficient (Wildman–Crippen LogP) is 6.19. The largest absolute Gasteiger partial charge is 0.248 e. The molecule has 0 aliphatic heterocycles. The minimum Gasteiger partial charge on any atom is -0.248 e. The lowest BCUT2D eigenvalue weighted by atomic mass is 9.96. The molecule has 116 valence electrons. The molecule has 0 saturated heterocycles. The first kappa shape index (κ1) is 14.6. The SMILES string of the molecule is Cc1cc(C)cc(-c2cc(-c3ccccc3)nc3ccccc23)c1. The number of benzene rings is 3. The third-order valence-electron chi connectivity index (χ3n) is 4.32. The number of rotatable bonds is 2. The summed E-state index contributed by atoms with van der Waals surface area (Å²) in [6.07, 6.45) is 0. The van der Waals surface area contributed by atoms with Crippen molar-refractivity contribution in [3.05, 3.63) is 90.0 Å². The molecule has 1 heterocycles. The lowest BCUT2D eigenvalue weighted by Gasteiger charge is -2.12. The van der Waals surface area contributed by atoms with Crippen LogP contribution < -0.4 is 0 Å². The quantitative estimate of drug-likeness (QED) is 0.430. The summed E-state index contributed by atoms with van der Waals surface area (Å²) in [4.78, 5) is 4.88. The van der Waals surface area contributed by atoms with E-state index < -0.39 is 0 Å². The minimum absolute atomic E-state index is 1.02. The summed E-state index contributed by atoms with van der Waals surface area (Å²) in [5.41, 5.74) is 8.26. The van der Waals surface area contributed by atoms with Crippen molar-refractivity contribution < 1.29 is 0 Å². The molecule has 1 nitrogen and oxygen atoms in total. The van der Waals surface area contributed by atoms with Crippen LogP contribution in [-0.4, -0.2) is 4.98 Å². The second-order valence-electron chi connectivity index (χ2n) is 6.31. The highest BCUT2D eigenvalue weighted by molar-refractivity contribution is 5.96. The molecule has 0 saturated carbocycles. The summed E-state index contributed by atoms with van der Waals surface area (Å²) in [5, 5.41) is 1.20. The Morgan fingerprint density at radius 3 is 2.04 bits per heavy atom. The van der Waals surface area contributed by atoms with Crippen molar-refractivity contribution >= 4 is 10.9 Å². The van der Waals surface area contributed by atoms with E-state index in [0.29, 0.717) is 0 Å². The first-order valence-electron chi connectivity index (χ1n) is 8.24. The Bertz CT molecular complexity index is 996. The van der Waals surface area contributed by atoms with Gasteiger partial charge in [0.2, 0.25) is 0 Å². The highest BCUT2D eigenvalue weighted by Crippen LogP contribution is 2.32. The first-order chi connectivity index (χ1) is 11.7. The van der Waals surface area contributed by atoms with E-state index in [-0.39, 0.29) is 0 Å². The van der Waals surface area contributed by atoms with Crippen molar-refractivity contribution in [2.75, 3.05) is 0 Å². The third kappa shape index (κ3) is 2.69. The highest BCUT2D eigenvalue weighted by atomic mass is 14.7. The van der Waals surface area contributed by atoms with Gasteiger partial charge in [-0.25, -0.2) is 4.98 Å². The minimum atomic E-state index is 1.02. The molecule has 0 atom stereocenters. The van der Waals surface area contributed by atoms with Crippen molar-refractivity contribution in [2.24, 2.45) is 0 Å². The van der Waals surface area contributed by atoms with Gasteiger partial charge in [0.15, 0.2) is 0 Å². The third-order valence-corrected chi connectivity index (χ3v) is 4.32. The highest BCUT2D eigenvalue weighted by Gasteiger charge is 2.10. The Morgan fingerprint density at radius 2 is 1.29 bits per heavy atom. The molecular weight excluding hydrogens is 290 g/mol. The Labute approximate surface area is 142 Å². The average Bonchev–Trinajstić information content (AvgIpc) is 2.60. The van der Waals surface area contributed by atoms with E-state index in [9.17, 15) is 0 Å². The van der Waals surface area contributed by atoms with Gasteiger partial charge >= 0.3 is 0 Å². The van der Waals surface area contributed by atoms with Gasteiger partial charge in [-0.05, 0) is 37.1 Å². The zero-order valence-electron chi connectivity index (χ0n) is 14.0. The van der Waals surface area contributed by atoms with E-state index in [1.165, 1.54) is 27.6 Å². The van der Waals surface area contributed by atoms with E-state index in [1.54, 1.807) is 0 Å². The maximum absolute atomic E-state index is 4.88. The number of para-hydroxylation sites is 1. The molecule has 0 radical (unpaired) electrons. The van der Waals surface area contributed by atoms with Gasteiger partial charge in [0.05, 0.1) is 11.2 Å². The van der Waals surface area contributed by atoms with Crippen LogP contribution in [0.15, 0.2) is 78.9 Å². The zero-order chi connectivity index (χ0) is 16.5. The van der Waals surface area contributed by atoms with Crippen molar-refractivity contribution in [3.8, 4) is 22.4 Å². The Balaban J connectivity index is 2.03. The molecule has 0 unspecified atom stereocenters. The van der Waals surface area contributed by atoms with Crippen LogP contribution in [0.2, 0.25) is 0 Å². The molecule has 0 bridgehead atoms. The van der Waals surface area contributed by atoms with Crippen LogP contribution in [0.4, 0.5) is 0 Å². The number of aryl methyl sites for hydroxylation is 2. The van der Waals surface area contributed by atoms with Crippen LogP contribution >= 0.6 is 0 Å². The Kier molecular flexibility index (Phi) is 3.62. The maximum Gasteiger partial charge on any atom is 0.0715 e. The van der Waals surface area contributed by atoms with Crippen LogP contribution in [-0.2, 0) is 0 Å². The fourth-order valence-corrected chi connectivity index (χ4v) is 3.30. The first-order valence-corrected chi connectivity index (χ1v) is 8.24. The van der Waals surface area contributed by atoms with Gasteiger partial charge < -0.3 is 0 Å². The van der Waals surface area contributed by atoms with E-state index in [4.69, 9.17) is 4.98 Å². The van der Waals surface area contributed by atoms with Gasteiger partial charge in [-0.1, -0.05) is 77.9 Å². The van der Waals surface area contributed by atoms with Gasteiger partial charge in [0.25, 0.3) is 0 Å². The number of nitrogens with zero attached hydrogens (tertiary/aromatic N) is 1. The van der Waals surface area contributed by atoms with E-state index >= 15 is 0 Å². The molecule has 1 heteroatoms. The van der Waals surface area contributed by atoms with Gasteiger partial charge in [0.1, 0.15) is 0 Å². The maximum atomic E-state index is 4.88. The zero-order valence-corrected chi connectivity index (χ0v) is 14.0. The molecule has 0 aliphatic carbocycles. The fourth-order valence-electron chi connectivity index (χ4n) is 3.30.